The van der Waals surface area contributed by atoms with E-state index in [0.717, 1.165) is 19.3 Å². The van der Waals surface area contributed by atoms with Gasteiger partial charge in [0.05, 0.1) is 25.8 Å². The van der Waals surface area contributed by atoms with E-state index in [2.05, 4.69) is 22.8 Å². The number of ether oxygens (including phenoxy) is 2. The lowest BCUT2D eigenvalue weighted by molar-refractivity contribution is -0.124. The molecule has 1 aliphatic rings. The van der Waals surface area contributed by atoms with Crippen LogP contribution >= 0.6 is 0 Å². The number of carbonyl (C=O) groups excluding carboxylic acids is 2. The van der Waals surface area contributed by atoms with Gasteiger partial charge in [0.2, 0.25) is 5.91 Å². The van der Waals surface area contributed by atoms with Gasteiger partial charge in [-0.15, -0.1) is 0 Å². The van der Waals surface area contributed by atoms with Gasteiger partial charge < -0.3 is 20.1 Å². The van der Waals surface area contributed by atoms with Crippen molar-refractivity contribution in [2.75, 3.05) is 14.2 Å². The van der Waals surface area contributed by atoms with Crippen LogP contribution in [-0.4, -0.2) is 32.1 Å². The zero-order chi connectivity index (χ0) is 21.7. The Morgan fingerprint density at radius 1 is 1.07 bits per heavy atom. The molecule has 1 aliphatic carbocycles. The standard InChI is InChI=1S/C24H30N2O4/c1-15(2)22(26-23(27)19-13-12-17(29-3)14-21(19)30-4)24(28)25-20-11-7-9-16-8-5-6-10-18(16)20/h5-6,8,10,12-15,20,22H,7,9,11H2,1-4H3,(H,25,28)(H,26,27)/t20-,22+/m0/s1. The predicted molar refractivity (Wildman–Crippen MR) is 116 cm³/mol. The molecule has 0 bridgehead atoms. The predicted octanol–water partition coefficient (Wildman–Crippen LogP) is 3.65. The molecule has 6 nitrogen and oxygen atoms in total. The van der Waals surface area contributed by atoms with Gasteiger partial charge in [0.25, 0.3) is 5.91 Å². The summed E-state index contributed by atoms with van der Waals surface area (Å²) >= 11 is 0. The molecule has 2 N–H and O–H groups in total. The van der Waals surface area contributed by atoms with E-state index in [-0.39, 0.29) is 23.8 Å². The van der Waals surface area contributed by atoms with Crippen LogP contribution in [0.2, 0.25) is 0 Å². The molecule has 0 heterocycles. The largest absolute Gasteiger partial charge is 0.497 e. The molecule has 2 aromatic carbocycles. The molecular weight excluding hydrogens is 380 g/mol. The number of carbonyl (C=O) groups is 2. The van der Waals surface area contributed by atoms with Gasteiger partial charge in [-0.05, 0) is 48.4 Å². The summed E-state index contributed by atoms with van der Waals surface area (Å²) in [6, 6.07) is 12.5. The molecule has 0 fully saturated rings. The molecule has 6 heteroatoms. The minimum atomic E-state index is -0.654. The van der Waals surface area contributed by atoms with Crippen LogP contribution in [0.5, 0.6) is 11.5 Å². The Balaban J connectivity index is 1.75. The van der Waals surface area contributed by atoms with E-state index in [4.69, 9.17) is 9.47 Å². The summed E-state index contributed by atoms with van der Waals surface area (Å²) in [6.07, 6.45) is 2.96. The first-order valence-corrected chi connectivity index (χ1v) is 10.4. The van der Waals surface area contributed by atoms with E-state index < -0.39 is 6.04 Å². The highest BCUT2D eigenvalue weighted by Gasteiger charge is 2.29. The first-order valence-electron chi connectivity index (χ1n) is 10.4. The van der Waals surface area contributed by atoms with E-state index >= 15 is 0 Å². The van der Waals surface area contributed by atoms with Crippen molar-refractivity contribution in [1.82, 2.24) is 10.6 Å². The minimum absolute atomic E-state index is 0.0314. The molecule has 0 saturated heterocycles. The van der Waals surface area contributed by atoms with Gasteiger partial charge in [0, 0.05) is 6.07 Å². The zero-order valence-electron chi connectivity index (χ0n) is 18.0. The van der Waals surface area contributed by atoms with Gasteiger partial charge in [-0.2, -0.15) is 0 Å². The highest BCUT2D eigenvalue weighted by Crippen LogP contribution is 2.30. The number of aryl methyl sites for hydroxylation is 1. The van der Waals surface area contributed by atoms with E-state index in [1.807, 2.05) is 26.0 Å². The Hall–Kier alpha value is -3.02. The maximum atomic E-state index is 13.1. The SMILES string of the molecule is COc1ccc(C(=O)N[C@@H](C(=O)N[C@H]2CCCc3ccccc32)C(C)C)c(OC)c1. The molecule has 0 spiro atoms. The number of rotatable bonds is 7. The molecule has 0 saturated carbocycles. The first-order chi connectivity index (χ1) is 14.4. The molecule has 2 amide bonds. The van der Waals surface area contributed by atoms with Crippen molar-refractivity contribution in [1.29, 1.82) is 0 Å². The number of fused-ring (bicyclic) bond motifs is 1. The number of benzene rings is 2. The van der Waals surface area contributed by atoms with Crippen LogP contribution in [0.3, 0.4) is 0 Å². The molecule has 2 atom stereocenters. The quantitative estimate of drug-likeness (QED) is 0.731. The Morgan fingerprint density at radius 3 is 2.53 bits per heavy atom. The van der Waals surface area contributed by atoms with Gasteiger partial charge in [-0.3, -0.25) is 9.59 Å². The van der Waals surface area contributed by atoms with Crippen LogP contribution in [0.1, 0.15) is 54.2 Å². The highest BCUT2D eigenvalue weighted by molar-refractivity contribution is 6.00. The molecular formula is C24H30N2O4. The lowest BCUT2D eigenvalue weighted by Gasteiger charge is -2.29. The summed E-state index contributed by atoms with van der Waals surface area (Å²) in [5.74, 6) is 0.394. The van der Waals surface area contributed by atoms with Crippen molar-refractivity contribution < 1.29 is 19.1 Å². The summed E-state index contributed by atoms with van der Waals surface area (Å²) in [6.45, 7) is 3.84. The second kappa shape index (κ2) is 9.65. The summed E-state index contributed by atoms with van der Waals surface area (Å²) in [5, 5.41) is 6.04. The molecule has 0 aliphatic heterocycles. The maximum Gasteiger partial charge on any atom is 0.255 e. The first kappa shape index (κ1) is 21.7. The Labute approximate surface area is 178 Å². The number of nitrogens with one attached hydrogen (secondary N) is 2. The fraction of sp³-hybridized carbons (Fsp3) is 0.417. The second-order valence-corrected chi connectivity index (χ2v) is 7.91. The molecule has 2 aromatic rings. The summed E-state index contributed by atoms with van der Waals surface area (Å²) in [7, 11) is 3.05. The van der Waals surface area contributed by atoms with Crippen LogP contribution in [0.25, 0.3) is 0 Å². The molecule has 0 radical (unpaired) electrons. The third kappa shape index (κ3) is 4.75. The molecule has 0 aromatic heterocycles. The fourth-order valence-corrected chi connectivity index (χ4v) is 3.91. The van der Waals surface area contributed by atoms with Crippen LogP contribution in [0.15, 0.2) is 42.5 Å². The van der Waals surface area contributed by atoms with E-state index in [1.54, 1.807) is 25.3 Å². The third-order valence-corrected chi connectivity index (χ3v) is 5.57. The average Bonchev–Trinajstić information content (AvgIpc) is 2.76. The van der Waals surface area contributed by atoms with Gasteiger partial charge in [-0.1, -0.05) is 38.1 Å². The zero-order valence-corrected chi connectivity index (χ0v) is 18.0. The number of hydrogen-bond donors (Lipinski definition) is 2. The normalized spacial score (nSPS) is 16.4. The summed E-state index contributed by atoms with van der Waals surface area (Å²) < 4.78 is 10.5. The monoisotopic (exact) mass is 410 g/mol. The lowest BCUT2D eigenvalue weighted by Crippen LogP contribution is -2.50. The van der Waals surface area contributed by atoms with Crippen LogP contribution < -0.4 is 20.1 Å². The van der Waals surface area contributed by atoms with Crippen LogP contribution in [0.4, 0.5) is 0 Å². The number of methoxy groups -OCH3 is 2. The summed E-state index contributed by atoms with van der Waals surface area (Å²) in [5.41, 5.74) is 2.81. The van der Waals surface area contributed by atoms with Gasteiger partial charge in [0.15, 0.2) is 0 Å². The van der Waals surface area contributed by atoms with E-state index in [1.165, 1.54) is 18.2 Å². The lowest BCUT2D eigenvalue weighted by atomic mass is 9.87. The van der Waals surface area contributed by atoms with Crippen molar-refractivity contribution >= 4 is 11.8 Å². The Morgan fingerprint density at radius 2 is 1.83 bits per heavy atom. The molecule has 30 heavy (non-hydrogen) atoms. The molecule has 3 rings (SSSR count). The highest BCUT2D eigenvalue weighted by atomic mass is 16.5. The van der Waals surface area contributed by atoms with E-state index in [0.29, 0.717) is 17.1 Å². The van der Waals surface area contributed by atoms with Crippen molar-refractivity contribution in [3.8, 4) is 11.5 Å². The minimum Gasteiger partial charge on any atom is -0.497 e. The van der Waals surface area contributed by atoms with Gasteiger partial charge in [0.1, 0.15) is 17.5 Å². The van der Waals surface area contributed by atoms with Crippen molar-refractivity contribution in [2.45, 2.75) is 45.2 Å². The average molecular weight is 411 g/mol. The Bertz CT molecular complexity index is 910. The number of amides is 2. The number of hydrogen-bond acceptors (Lipinski definition) is 4. The summed E-state index contributed by atoms with van der Waals surface area (Å²) in [4.78, 5) is 26.0. The maximum absolute atomic E-state index is 13.1. The smallest absolute Gasteiger partial charge is 0.255 e. The molecule has 0 unspecified atom stereocenters. The van der Waals surface area contributed by atoms with Crippen LogP contribution in [-0.2, 0) is 11.2 Å². The third-order valence-electron chi connectivity index (χ3n) is 5.57. The van der Waals surface area contributed by atoms with Crippen molar-refractivity contribution in [2.24, 2.45) is 5.92 Å². The van der Waals surface area contributed by atoms with E-state index in [9.17, 15) is 9.59 Å². The van der Waals surface area contributed by atoms with Crippen LogP contribution in [0, 0.1) is 5.92 Å². The second-order valence-electron chi connectivity index (χ2n) is 7.91. The Kier molecular flexibility index (Phi) is 6.98. The van der Waals surface area contributed by atoms with Crippen molar-refractivity contribution in [3.63, 3.8) is 0 Å². The topological polar surface area (TPSA) is 76.7 Å². The van der Waals surface area contributed by atoms with Crippen molar-refractivity contribution in [3.05, 3.63) is 59.2 Å². The fourth-order valence-electron chi connectivity index (χ4n) is 3.91. The van der Waals surface area contributed by atoms with Gasteiger partial charge in [-0.25, -0.2) is 0 Å². The molecule has 160 valence electrons. The van der Waals surface area contributed by atoms with Gasteiger partial charge >= 0.3 is 0 Å².